The first-order valence-corrected chi connectivity index (χ1v) is 16.2. The van der Waals surface area contributed by atoms with Crippen LogP contribution in [0.15, 0.2) is 152 Å². The van der Waals surface area contributed by atoms with Crippen molar-refractivity contribution < 1.29 is 0 Å². The Kier molecular flexibility index (Phi) is 5.62. The summed E-state index contributed by atoms with van der Waals surface area (Å²) in [6, 6.07) is 55.5. The van der Waals surface area contributed by atoms with E-state index in [0.717, 1.165) is 5.69 Å². The Morgan fingerprint density at radius 3 is 1.74 bits per heavy atom. The van der Waals surface area contributed by atoms with Gasteiger partial charge in [0.05, 0.1) is 11.4 Å². The molecule has 0 atom stereocenters. The van der Waals surface area contributed by atoms with Crippen molar-refractivity contribution in [2.24, 2.45) is 0 Å². The van der Waals surface area contributed by atoms with Gasteiger partial charge in [0.1, 0.15) is 0 Å². The molecule has 9 aromatic rings. The fourth-order valence-corrected chi connectivity index (χ4v) is 8.82. The first-order valence-electron chi connectivity index (χ1n) is 14.5. The zero-order valence-corrected chi connectivity index (χ0v) is 24.8. The quantitative estimate of drug-likeness (QED) is 0.199. The minimum Gasteiger partial charge on any atom is -0.309 e. The van der Waals surface area contributed by atoms with Crippen LogP contribution in [0.5, 0.6) is 0 Å². The molecule has 0 unspecified atom stereocenters. The molecule has 7 aromatic carbocycles. The number of rotatable bonds is 4. The second-order valence-electron chi connectivity index (χ2n) is 10.9. The van der Waals surface area contributed by atoms with Crippen LogP contribution >= 0.6 is 22.7 Å². The van der Waals surface area contributed by atoms with Crippen LogP contribution in [-0.2, 0) is 0 Å². The number of hydrogen-bond donors (Lipinski definition) is 0. The van der Waals surface area contributed by atoms with Gasteiger partial charge in [-0.25, -0.2) is 0 Å². The Morgan fingerprint density at radius 2 is 0.930 bits per heavy atom. The zero-order chi connectivity index (χ0) is 28.3. The third kappa shape index (κ3) is 3.90. The monoisotopic (exact) mass is 583 g/mol. The molecule has 43 heavy (non-hydrogen) atoms. The highest BCUT2D eigenvalue weighted by Gasteiger charge is 2.22. The highest BCUT2D eigenvalue weighted by molar-refractivity contribution is 7.26. The van der Waals surface area contributed by atoms with Crippen LogP contribution in [0.4, 0.5) is 17.1 Å². The van der Waals surface area contributed by atoms with Gasteiger partial charge >= 0.3 is 0 Å². The molecule has 0 aliphatic carbocycles. The van der Waals surface area contributed by atoms with Crippen molar-refractivity contribution in [3.63, 3.8) is 0 Å². The summed E-state index contributed by atoms with van der Waals surface area (Å²) in [6.45, 7) is 0. The molecule has 3 heteroatoms. The molecule has 0 bridgehead atoms. The number of fused-ring (bicyclic) bond motifs is 7. The standard InChI is InChI=1S/C40H25NS2/c1-2-12-27-25-28(24-23-26(27)11-1)41(34-18-10-22-38-40(34)32-15-5-8-20-36(32)43-38)33-17-6-3-13-29(33)30-16-9-21-37-39(30)31-14-4-7-19-35(31)42-37/h1-25H. The second-order valence-corrected chi connectivity index (χ2v) is 13.1. The van der Waals surface area contributed by atoms with E-state index < -0.39 is 0 Å². The Morgan fingerprint density at radius 1 is 0.372 bits per heavy atom. The van der Waals surface area contributed by atoms with Crippen molar-refractivity contribution >= 4 is 90.9 Å². The molecule has 0 aliphatic heterocycles. The molecule has 0 aliphatic rings. The van der Waals surface area contributed by atoms with E-state index in [2.05, 4.69) is 157 Å². The van der Waals surface area contributed by atoms with Crippen LogP contribution in [0.1, 0.15) is 0 Å². The summed E-state index contributed by atoms with van der Waals surface area (Å²) >= 11 is 3.74. The molecule has 0 radical (unpaired) electrons. The van der Waals surface area contributed by atoms with Gasteiger partial charge in [0.25, 0.3) is 0 Å². The fraction of sp³-hybridized carbons (Fsp3) is 0. The van der Waals surface area contributed by atoms with Gasteiger partial charge in [0.2, 0.25) is 0 Å². The summed E-state index contributed by atoms with van der Waals surface area (Å²) in [6.07, 6.45) is 0. The summed E-state index contributed by atoms with van der Waals surface area (Å²) in [7, 11) is 0. The van der Waals surface area contributed by atoms with Crippen molar-refractivity contribution in [2.45, 2.75) is 0 Å². The van der Waals surface area contributed by atoms with Gasteiger partial charge in [-0.05, 0) is 64.9 Å². The molecule has 0 N–H and O–H groups in total. The predicted molar refractivity (Wildman–Crippen MR) is 190 cm³/mol. The Balaban J connectivity index is 1.38. The van der Waals surface area contributed by atoms with Crippen molar-refractivity contribution in [1.29, 1.82) is 0 Å². The van der Waals surface area contributed by atoms with Gasteiger partial charge in [-0.2, -0.15) is 0 Å². The average molecular weight is 584 g/mol. The largest absolute Gasteiger partial charge is 0.309 e. The normalized spacial score (nSPS) is 11.7. The fourth-order valence-electron chi connectivity index (χ4n) is 6.56. The van der Waals surface area contributed by atoms with Crippen molar-refractivity contribution in [3.8, 4) is 11.1 Å². The maximum atomic E-state index is 2.48. The maximum absolute atomic E-state index is 2.48. The number of benzene rings is 7. The molecule has 1 nitrogen and oxygen atoms in total. The van der Waals surface area contributed by atoms with Crippen molar-refractivity contribution in [1.82, 2.24) is 0 Å². The number of anilines is 3. The lowest BCUT2D eigenvalue weighted by molar-refractivity contribution is 1.31. The Bertz CT molecular complexity index is 2480. The average Bonchev–Trinajstić information content (AvgIpc) is 3.64. The SMILES string of the molecule is c1ccc(N(c2ccc3ccccc3c2)c2cccc3sc4ccccc4c23)c(-c2cccc3sc4ccccc4c23)c1. The predicted octanol–water partition coefficient (Wildman–Crippen LogP) is 12.7. The van der Waals surface area contributed by atoms with Crippen LogP contribution in [0.25, 0.3) is 62.2 Å². The highest BCUT2D eigenvalue weighted by atomic mass is 32.1. The van der Waals surface area contributed by atoms with Gasteiger partial charge in [-0.3, -0.25) is 0 Å². The van der Waals surface area contributed by atoms with Crippen LogP contribution in [0, 0.1) is 0 Å². The van der Waals surface area contributed by atoms with Crippen molar-refractivity contribution in [2.75, 3.05) is 4.90 Å². The highest BCUT2D eigenvalue weighted by Crippen LogP contribution is 2.49. The molecule has 202 valence electrons. The van der Waals surface area contributed by atoms with Crippen molar-refractivity contribution in [3.05, 3.63) is 152 Å². The van der Waals surface area contributed by atoms with Crippen LogP contribution in [-0.4, -0.2) is 0 Å². The van der Waals surface area contributed by atoms with Crippen LogP contribution in [0.2, 0.25) is 0 Å². The first-order chi connectivity index (χ1) is 21.3. The minimum absolute atomic E-state index is 1.15. The summed E-state index contributed by atoms with van der Waals surface area (Å²) in [5.41, 5.74) is 6.00. The van der Waals surface area contributed by atoms with E-state index in [4.69, 9.17) is 0 Å². The number of thiophene rings is 2. The van der Waals surface area contributed by atoms with Crippen LogP contribution < -0.4 is 4.90 Å². The zero-order valence-electron chi connectivity index (χ0n) is 23.2. The lowest BCUT2D eigenvalue weighted by Crippen LogP contribution is -2.11. The molecule has 0 saturated carbocycles. The van der Waals surface area contributed by atoms with Gasteiger partial charge in [-0.1, -0.05) is 103 Å². The molecule has 0 amide bonds. The molecule has 9 rings (SSSR count). The Labute approximate surface area is 257 Å². The van der Waals surface area contributed by atoms with E-state index in [9.17, 15) is 0 Å². The van der Waals surface area contributed by atoms with Gasteiger partial charge in [0, 0.05) is 51.6 Å². The van der Waals surface area contributed by atoms with E-state index in [-0.39, 0.29) is 0 Å². The van der Waals surface area contributed by atoms with E-state index in [1.54, 1.807) is 0 Å². The Hall–Kier alpha value is -4.96. The summed E-state index contributed by atoms with van der Waals surface area (Å²) in [4.78, 5) is 2.48. The summed E-state index contributed by atoms with van der Waals surface area (Å²) in [5.74, 6) is 0. The third-order valence-corrected chi connectivity index (χ3v) is 10.7. The van der Waals surface area contributed by atoms with Gasteiger partial charge < -0.3 is 4.90 Å². The lowest BCUT2D eigenvalue weighted by atomic mass is 9.96. The van der Waals surface area contributed by atoms with E-state index in [1.807, 2.05) is 22.7 Å². The minimum atomic E-state index is 1.15. The molecule has 2 heterocycles. The number of para-hydroxylation sites is 1. The molecule has 2 aromatic heterocycles. The van der Waals surface area contributed by atoms with Gasteiger partial charge in [-0.15, -0.1) is 22.7 Å². The maximum Gasteiger partial charge on any atom is 0.0555 e. The topological polar surface area (TPSA) is 3.24 Å². The van der Waals surface area contributed by atoms with Gasteiger partial charge in [0.15, 0.2) is 0 Å². The molecule has 0 saturated heterocycles. The smallest absolute Gasteiger partial charge is 0.0555 e. The third-order valence-electron chi connectivity index (χ3n) is 8.45. The molecular formula is C40H25NS2. The molecular weight excluding hydrogens is 559 g/mol. The van der Waals surface area contributed by atoms with E-state index >= 15 is 0 Å². The first kappa shape index (κ1) is 24.6. The number of hydrogen-bond acceptors (Lipinski definition) is 3. The summed E-state index contributed by atoms with van der Waals surface area (Å²) < 4.78 is 5.25. The number of nitrogens with zero attached hydrogens (tertiary/aromatic N) is 1. The molecule has 0 spiro atoms. The van der Waals surface area contributed by atoms with E-state index in [1.165, 1.54) is 73.6 Å². The summed E-state index contributed by atoms with van der Waals surface area (Å²) in [5, 5.41) is 7.71. The van der Waals surface area contributed by atoms with E-state index in [0.29, 0.717) is 0 Å². The lowest BCUT2D eigenvalue weighted by Gasteiger charge is -2.29. The van der Waals surface area contributed by atoms with Crippen LogP contribution in [0.3, 0.4) is 0 Å². The second kappa shape index (κ2) is 9.81. The molecule has 0 fully saturated rings.